The van der Waals surface area contributed by atoms with Gasteiger partial charge in [0.25, 0.3) is 0 Å². The first-order valence-corrected chi connectivity index (χ1v) is 10.2. The minimum atomic E-state index is -4.73. The van der Waals surface area contributed by atoms with Gasteiger partial charge in [0, 0.05) is 10.6 Å². The van der Waals surface area contributed by atoms with E-state index in [9.17, 15) is 23.1 Å². The van der Waals surface area contributed by atoms with Crippen molar-refractivity contribution >= 4 is 17.7 Å². The summed E-state index contributed by atoms with van der Waals surface area (Å²) in [5, 5.41) is 9.18. The van der Waals surface area contributed by atoms with Gasteiger partial charge >= 0.3 is 12.3 Å². The van der Waals surface area contributed by atoms with Crippen LogP contribution in [0.3, 0.4) is 0 Å². The molecule has 0 unspecified atom stereocenters. The smallest absolute Gasteiger partial charge is 0.489 e. The highest BCUT2D eigenvalue weighted by Crippen LogP contribution is 2.29. The molecule has 0 aliphatic heterocycles. The second-order valence-electron chi connectivity index (χ2n) is 7.19. The van der Waals surface area contributed by atoms with Gasteiger partial charge in [-0.1, -0.05) is 6.58 Å². The van der Waals surface area contributed by atoms with Crippen LogP contribution in [-0.2, 0) is 4.79 Å². The monoisotopic (exact) mass is 456 g/mol. The number of thioether (sulfide) groups is 1. The summed E-state index contributed by atoms with van der Waals surface area (Å²) in [7, 11) is 0. The van der Waals surface area contributed by atoms with E-state index in [1.54, 1.807) is 6.07 Å². The Kier molecular flexibility index (Phi) is 7.89. The number of carboxylic acid groups (broad SMARTS) is 1. The van der Waals surface area contributed by atoms with E-state index in [1.807, 2.05) is 19.1 Å². The normalized spacial score (nSPS) is 11.7. The van der Waals surface area contributed by atoms with E-state index < -0.39 is 17.9 Å². The summed E-state index contributed by atoms with van der Waals surface area (Å²) in [5.41, 5.74) is 0.259. The third-order valence-electron chi connectivity index (χ3n) is 3.97. The molecule has 31 heavy (non-hydrogen) atoms. The van der Waals surface area contributed by atoms with Crippen LogP contribution in [0, 0.1) is 6.92 Å². The van der Waals surface area contributed by atoms with Crippen LogP contribution < -0.4 is 14.2 Å². The van der Waals surface area contributed by atoms with E-state index in [1.165, 1.54) is 49.9 Å². The highest BCUT2D eigenvalue weighted by molar-refractivity contribution is 7.99. The minimum absolute atomic E-state index is 0.208. The summed E-state index contributed by atoms with van der Waals surface area (Å²) >= 11 is 1.52. The summed E-state index contributed by atoms with van der Waals surface area (Å²) in [5.74, 6) is 0.0964. The summed E-state index contributed by atoms with van der Waals surface area (Å²) in [6.45, 7) is 8.96. The van der Waals surface area contributed by atoms with Gasteiger partial charge in [-0.15, -0.1) is 24.9 Å². The van der Waals surface area contributed by atoms with Crippen molar-refractivity contribution in [2.45, 2.75) is 37.6 Å². The Morgan fingerprint density at radius 2 is 1.68 bits per heavy atom. The lowest BCUT2D eigenvalue weighted by molar-refractivity contribution is -0.274. The number of hydrogen-bond acceptors (Lipinski definition) is 5. The molecule has 9 heteroatoms. The fraction of sp³-hybridized carbons (Fsp3) is 0.318. The van der Waals surface area contributed by atoms with E-state index in [2.05, 4.69) is 11.3 Å². The van der Waals surface area contributed by atoms with Crippen LogP contribution in [0.2, 0.25) is 0 Å². The van der Waals surface area contributed by atoms with Crippen LogP contribution in [-0.4, -0.2) is 35.4 Å². The van der Waals surface area contributed by atoms with Gasteiger partial charge in [0.1, 0.15) is 23.9 Å². The fourth-order valence-corrected chi connectivity index (χ4v) is 3.17. The largest absolute Gasteiger partial charge is 0.573 e. The Hall–Kier alpha value is -2.81. The molecule has 2 aromatic carbocycles. The van der Waals surface area contributed by atoms with Gasteiger partial charge in [-0.2, -0.15) is 0 Å². The van der Waals surface area contributed by atoms with Crippen LogP contribution >= 0.6 is 11.8 Å². The molecule has 5 nitrogen and oxygen atoms in total. The maximum absolute atomic E-state index is 12.2. The second kappa shape index (κ2) is 10.00. The van der Waals surface area contributed by atoms with Gasteiger partial charge in [-0.25, -0.2) is 4.79 Å². The Labute approximate surface area is 182 Å². The summed E-state index contributed by atoms with van der Waals surface area (Å²) in [6, 6.07) is 10.6. The molecule has 0 fully saturated rings. The van der Waals surface area contributed by atoms with Gasteiger partial charge in [-0.3, -0.25) is 0 Å². The Morgan fingerprint density at radius 3 is 2.23 bits per heavy atom. The number of hydrogen-bond donors (Lipinski definition) is 1. The van der Waals surface area contributed by atoms with Crippen molar-refractivity contribution in [2.75, 3.05) is 12.4 Å². The van der Waals surface area contributed by atoms with Crippen LogP contribution in [0.25, 0.3) is 0 Å². The van der Waals surface area contributed by atoms with Crippen LogP contribution in [0.1, 0.15) is 19.4 Å². The molecule has 2 rings (SSSR count). The number of aryl methyl sites for hydroxylation is 1. The Bertz CT molecular complexity index is 924. The van der Waals surface area contributed by atoms with Gasteiger partial charge in [0.2, 0.25) is 0 Å². The molecule has 0 spiro atoms. The van der Waals surface area contributed by atoms with E-state index >= 15 is 0 Å². The van der Waals surface area contributed by atoms with Gasteiger partial charge in [-0.05, 0) is 74.4 Å². The Balaban J connectivity index is 1.83. The molecule has 1 N–H and O–H groups in total. The number of benzene rings is 2. The lowest BCUT2D eigenvalue weighted by Gasteiger charge is -2.23. The lowest BCUT2D eigenvalue weighted by Crippen LogP contribution is -2.38. The highest BCUT2D eigenvalue weighted by atomic mass is 32.2. The molecule has 2 aromatic rings. The fourth-order valence-electron chi connectivity index (χ4n) is 2.29. The van der Waals surface area contributed by atoms with E-state index in [-0.39, 0.29) is 12.4 Å². The molecule has 0 saturated heterocycles. The van der Waals surface area contributed by atoms with Crippen molar-refractivity contribution in [3.63, 3.8) is 0 Å². The molecular formula is C22H23F3O5S. The highest BCUT2D eigenvalue weighted by Gasteiger charge is 2.31. The quantitative estimate of drug-likeness (QED) is 0.357. The van der Waals surface area contributed by atoms with Gasteiger partial charge in [0.15, 0.2) is 5.60 Å². The number of carboxylic acids is 1. The van der Waals surface area contributed by atoms with Crippen molar-refractivity contribution < 1.29 is 37.3 Å². The molecule has 0 aliphatic carbocycles. The number of carbonyl (C=O) groups is 1. The molecule has 0 amide bonds. The molecule has 0 aromatic heterocycles. The SMILES string of the molecule is C=C(COc1ccc(OC(F)(F)F)cc1)CSc1ccc(OC(C)(C)C(=O)O)c(C)c1. The van der Waals surface area contributed by atoms with E-state index in [0.29, 0.717) is 17.3 Å². The van der Waals surface area contributed by atoms with E-state index in [0.717, 1.165) is 16.0 Å². The van der Waals surface area contributed by atoms with Gasteiger partial charge in [0.05, 0.1) is 0 Å². The lowest BCUT2D eigenvalue weighted by atomic mass is 10.1. The third-order valence-corrected chi connectivity index (χ3v) is 5.11. The zero-order chi connectivity index (χ0) is 23.2. The second-order valence-corrected chi connectivity index (χ2v) is 8.24. The zero-order valence-electron chi connectivity index (χ0n) is 17.3. The van der Waals surface area contributed by atoms with Gasteiger partial charge < -0.3 is 19.3 Å². The van der Waals surface area contributed by atoms with Crippen molar-refractivity contribution in [1.82, 2.24) is 0 Å². The number of ether oxygens (including phenoxy) is 3. The first kappa shape index (κ1) is 24.5. The maximum Gasteiger partial charge on any atom is 0.573 e. The number of rotatable bonds is 10. The topological polar surface area (TPSA) is 65.0 Å². The van der Waals surface area contributed by atoms with Crippen molar-refractivity contribution in [1.29, 1.82) is 0 Å². The molecule has 0 aliphatic rings. The molecule has 0 atom stereocenters. The Morgan fingerprint density at radius 1 is 1.06 bits per heavy atom. The summed E-state index contributed by atoms with van der Waals surface area (Å²) in [6.07, 6.45) is -4.73. The van der Waals surface area contributed by atoms with Crippen molar-refractivity contribution in [3.05, 3.63) is 60.2 Å². The molecule has 0 saturated carbocycles. The average Bonchev–Trinajstić information content (AvgIpc) is 2.66. The summed E-state index contributed by atoms with van der Waals surface area (Å²) < 4.78 is 51.4. The van der Waals surface area contributed by atoms with Crippen LogP contribution in [0.15, 0.2) is 59.5 Å². The molecule has 0 bridgehead atoms. The average molecular weight is 456 g/mol. The number of alkyl halides is 3. The van der Waals surface area contributed by atoms with Crippen LogP contribution in [0.4, 0.5) is 13.2 Å². The molecule has 0 radical (unpaired) electrons. The van der Waals surface area contributed by atoms with E-state index in [4.69, 9.17) is 9.47 Å². The molecule has 0 heterocycles. The van der Waals surface area contributed by atoms with Crippen LogP contribution in [0.5, 0.6) is 17.2 Å². The van der Waals surface area contributed by atoms with Crippen molar-refractivity contribution in [3.8, 4) is 17.2 Å². The predicted octanol–water partition coefficient (Wildman–Crippen LogP) is 5.86. The summed E-state index contributed by atoms with van der Waals surface area (Å²) in [4.78, 5) is 12.2. The number of halogens is 3. The maximum atomic E-state index is 12.2. The van der Waals surface area contributed by atoms with Crippen molar-refractivity contribution in [2.24, 2.45) is 0 Å². The first-order chi connectivity index (χ1) is 14.4. The number of aliphatic carboxylic acids is 1. The zero-order valence-corrected chi connectivity index (χ0v) is 18.1. The predicted molar refractivity (Wildman–Crippen MR) is 112 cm³/mol. The molecule has 168 valence electrons. The standard InChI is InChI=1S/C22H23F3O5S/c1-14(12-28-16-5-7-17(8-6-16)29-22(23,24)25)13-31-18-9-10-19(15(2)11-18)30-21(3,4)20(26)27/h5-11H,1,12-13H2,2-4H3,(H,26,27). The minimum Gasteiger partial charge on any atom is -0.489 e. The molecular weight excluding hydrogens is 433 g/mol. The third kappa shape index (κ3) is 8.09. The first-order valence-electron chi connectivity index (χ1n) is 9.17.